The summed E-state index contributed by atoms with van der Waals surface area (Å²) in [4.78, 5) is 24.3. The Morgan fingerprint density at radius 1 is 1.57 bits per heavy atom. The minimum atomic E-state index is -0.449. The van der Waals surface area contributed by atoms with Crippen molar-refractivity contribution in [2.45, 2.75) is 20.8 Å². The van der Waals surface area contributed by atoms with E-state index in [1.54, 1.807) is 13.8 Å². The molecule has 1 amide bonds. The van der Waals surface area contributed by atoms with Crippen molar-refractivity contribution in [3.05, 3.63) is 0 Å². The lowest BCUT2D eigenvalue weighted by Gasteiger charge is -1.89. The zero-order valence-electron chi connectivity index (χ0n) is 8.49. The molecule has 0 aromatic heterocycles. The second-order valence-electron chi connectivity index (χ2n) is 2.15. The summed E-state index contributed by atoms with van der Waals surface area (Å²) in [6.07, 6.45) is -0.211. The van der Waals surface area contributed by atoms with Gasteiger partial charge in [0.25, 0.3) is 0 Å². The number of hydroxylamine groups is 2. The summed E-state index contributed by atoms with van der Waals surface area (Å²) in [5, 5.41) is 1.28. The standard InChI is InChI=1S/C6H8O2.C3H5NO2/c1-3-5-6(7)8-4-2;1-2-4-3(5)6-4/h4H2,1-2H3;2H2,1H3. The monoisotopic (exact) mass is 199 g/mol. The van der Waals surface area contributed by atoms with Crippen LogP contribution in [0, 0.1) is 11.8 Å². The topological polar surface area (TPSA) is 58.9 Å². The Balaban J connectivity index is 0.000000249. The SMILES string of the molecule is CC#CC(=O)OCC.CCN1OC1=O. The highest BCUT2D eigenvalue weighted by atomic mass is 16.9. The highest BCUT2D eigenvalue weighted by Gasteiger charge is 2.31. The zero-order chi connectivity index (χ0) is 11.0. The van der Waals surface area contributed by atoms with Crippen molar-refractivity contribution in [2.24, 2.45) is 0 Å². The Morgan fingerprint density at radius 2 is 2.14 bits per heavy atom. The number of ether oxygens (including phenoxy) is 1. The molecule has 1 aliphatic heterocycles. The van der Waals surface area contributed by atoms with E-state index in [1.807, 2.05) is 6.92 Å². The van der Waals surface area contributed by atoms with E-state index in [1.165, 1.54) is 5.06 Å². The minimum absolute atomic E-state index is 0.211. The fraction of sp³-hybridized carbons (Fsp3) is 0.556. The molecule has 5 nitrogen and oxygen atoms in total. The third-order valence-electron chi connectivity index (χ3n) is 1.15. The summed E-state index contributed by atoms with van der Waals surface area (Å²) in [6.45, 7) is 6.25. The second-order valence-corrected chi connectivity index (χ2v) is 2.15. The first-order chi connectivity index (χ1) is 6.65. The molecule has 0 radical (unpaired) electrons. The van der Waals surface area contributed by atoms with E-state index < -0.39 is 5.97 Å². The average molecular weight is 199 g/mol. The van der Waals surface area contributed by atoms with E-state index in [0.29, 0.717) is 13.2 Å². The number of carbonyl (C=O) groups is 2. The molecule has 1 rings (SSSR count). The summed E-state index contributed by atoms with van der Waals surface area (Å²) in [6, 6.07) is 0. The van der Waals surface area contributed by atoms with E-state index >= 15 is 0 Å². The number of carbonyl (C=O) groups excluding carboxylic acids is 2. The van der Waals surface area contributed by atoms with Gasteiger partial charge in [-0.2, -0.15) is 0 Å². The maximum Gasteiger partial charge on any atom is 0.468 e. The summed E-state index contributed by atoms with van der Waals surface area (Å²) in [5.74, 6) is 4.21. The highest BCUT2D eigenvalue weighted by Crippen LogP contribution is 2.08. The van der Waals surface area contributed by atoms with Gasteiger partial charge in [-0.15, -0.1) is 5.06 Å². The van der Waals surface area contributed by atoms with Gasteiger partial charge in [0.2, 0.25) is 0 Å². The first kappa shape index (κ1) is 12.3. The molecule has 0 aromatic carbocycles. The molecule has 78 valence electrons. The lowest BCUT2D eigenvalue weighted by atomic mass is 10.6. The number of esters is 1. The number of hydrogen-bond acceptors (Lipinski definition) is 4. The molecule has 0 unspecified atom stereocenters. The van der Waals surface area contributed by atoms with Crippen molar-refractivity contribution in [1.29, 1.82) is 0 Å². The number of amides is 1. The van der Waals surface area contributed by atoms with Crippen LogP contribution in [0.1, 0.15) is 20.8 Å². The molecule has 0 N–H and O–H groups in total. The van der Waals surface area contributed by atoms with Crippen molar-refractivity contribution in [2.75, 3.05) is 13.2 Å². The second kappa shape index (κ2) is 6.78. The largest absolute Gasteiger partial charge is 0.468 e. The van der Waals surface area contributed by atoms with Gasteiger partial charge in [-0.1, -0.05) is 5.92 Å². The van der Waals surface area contributed by atoms with Crippen LogP contribution in [0.2, 0.25) is 0 Å². The molecule has 1 saturated heterocycles. The van der Waals surface area contributed by atoms with Crippen LogP contribution in [-0.4, -0.2) is 30.3 Å². The third kappa shape index (κ3) is 5.89. The first-order valence-corrected chi connectivity index (χ1v) is 4.24. The van der Waals surface area contributed by atoms with Gasteiger partial charge in [-0.05, 0) is 20.8 Å². The van der Waals surface area contributed by atoms with Crippen LogP contribution >= 0.6 is 0 Å². The fourth-order valence-electron chi connectivity index (χ4n) is 0.537. The predicted molar refractivity (Wildman–Crippen MR) is 48.9 cm³/mol. The molecule has 1 aliphatic rings. The smallest absolute Gasteiger partial charge is 0.456 e. The van der Waals surface area contributed by atoms with Crippen LogP contribution < -0.4 is 0 Å². The Bertz CT molecular complexity index is 264. The average Bonchev–Trinajstić information content (AvgIpc) is 2.84. The molecule has 0 saturated carbocycles. The molecule has 5 heteroatoms. The number of nitrogens with zero attached hydrogens (tertiary/aromatic N) is 1. The number of rotatable bonds is 2. The summed E-state index contributed by atoms with van der Waals surface area (Å²) in [7, 11) is 0. The first-order valence-electron chi connectivity index (χ1n) is 4.24. The van der Waals surface area contributed by atoms with E-state index in [-0.39, 0.29) is 6.09 Å². The van der Waals surface area contributed by atoms with E-state index in [2.05, 4.69) is 21.4 Å². The van der Waals surface area contributed by atoms with E-state index in [9.17, 15) is 9.59 Å². The van der Waals surface area contributed by atoms with Crippen LogP contribution in [0.3, 0.4) is 0 Å². The van der Waals surface area contributed by atoms with Crippen LogP contribution in [0.15, 0.2) is 0 Å². The summed E-state index contributed by atoms with van der Waals surface area (Å²) < 4.78 is 4.47. The Kier molecular flexibility index (Phi) is 5.95. The fourth-order valence-corrected chi connectivity index (χ4v) is 0.537. The Labute approximate surface area is 82.9 Å². The quantitative estimate of drug-likeness (QED) is 0.287. The number of hydrogen-bond donors (Lipinski definition) is 0. The van der Waals surface area contributed by atoms with Gasteiger partial charge in [0, 0.05) is 5.92 Å². The molecule has 1 fully saturated rings. The van der Waals surface area contributed by atoms with Gasteiger partial charge in [-0.25, -0.2) is 9.59 Å². The lowest BCUT2D eigenvalue weighted by Crippen LogP contribution is -1.98. The molecule has 0 bridgehead atoms. The van der Waals surface area contributed by atoms with Crippen molar-refractivity contribution >= 4 is 12.1 Å². The minimum Gasteiger partial charge on any atom is -0.456 e. The van der Waals surface area contributed by atoms with Crippen LogP contribution in [0.4, 0.5) is 4.79 Å². The Hall–Kier alpha value is -1.70. The van der Waals surface area contributed by atoms with Gasteiger partial charge < -0.3 is 9.57 Å². The molecular weight excluding hydrogens is 186 g/mol. The molecular formula is C9H13NO4. The highest BCUT2D eigenvalue weighted by molar-refractivity contribution is 5.88. The van der Waals surface area contributed by atoms with Gasteiger partial charge in [0.15, 0.2) is 0 Å². The van der Waals surface area contributed by atoms with Gasteiger partial charge >= 0.3 is 12.1 Å². The molecule has 1 heterocycles. The van der Waals surface area contributed by atoms with Gasteiger partial charge in [0.1, 0.15) is 0 Å². The summed E-state index contributed by atoms with van der Waals surface area (Å²) >= 11 is 0. The Morgan fingerprint density at radius 3 is 2.36 bits per heavy atom. The van der Waals surface area contributed by atoms with Crippen molar-refractivity contribution in [3.8, 4) is 11.8 Å². The van der Waals surface area contributed by atoms with Crippen molar-refractivity contribution < 1.29 is 19.2 Å². The van der Waals surface area contributed by atoms with Crippen LogP contribution in [-0.2, 0) is 14.4 Å². The maximum absolute atomic E-state index is 10.2. The maximum atomic E-state index is 10.2. The molecule has 14 heavy (non-hydrogen) atoms. The lowest BCUT2D eigenvalue weighted by molar-refractivity contribution is -0.136. The van der Waals surface area contributed by atoms with Crippen molar-refractivity contribution in [1.82, 2.24) is 5.06 Å². The van der Waals surface area contributed by atoms with Crippen LogP contribution in [0.5, 0.6) is 0 Å². The molecule has 0 aromatic rings. The molecule has 0 atom stereocenters. The van der Waals surface area contributed by atoms with E-state index in [0.717, 1.165) is 0 Å². The zero-order valence-corrected chi connectivity index (χ0v) is 8.49. The van der Waals surface area contributed by atoms with Crippen molar-refractivity contribution in [3.63, 3.8) is 0 Å². The third-order valence-corrected chi connectivity index (χ3v) is 1.15. The van der Waals surface area contributed by atoms with Gasteiger partial charge in [-0.3, -0.25) is 0 Å². The van der Waals surface area contributed by atoms with Gasteiger partial charge in [0.05, 0.1) is 13.2 Å². The molecule has 0 spiro atoms. The summed E-state index contributed by atoms with van der Waals surface area (Å²) in [5.41, 5.74) is 0. The normalized spacial score (nSPS) is 11.4. The van der Waals surface area contributed by atoms with Crippen LogP contribution in [0.25, 0.3) is 0 Å². The van der Waals surface area contributed by atoms with E-state index in [4.69, 9.17) is 0 Å². The predicted octanol–water partition coefficient (Wildman–Crippen LogP) is 0.946. The molecule has 0 aliphatic carbocycles.